The second kappa shape index (κ2) is 4.69. The Kier molecular flexibility index (Phi) is 3.54. The molecule has 0 spiro atoms. The lowest BCUT2D eigenvalue weighted by Gasteiger charge is -2.13. The Bertz CT molecular complexity index is 292. The Labute approximate surface area is 80.2 Å². The lowest BCUT2D eigenvalue weighted by Crippen LogP contribution is -2.15. The third-order valence-electron chi connectivity index (χ3n) is 2.15. The van der Waals surface area contributed by atoms with E-state index in [0.717, 1.165) is 6.42 Å². The van der Waals surface area contributed by atoms with Gasteiger partial charge in [-0.3, -0.25) is 0 Å². The van der Waals surface area contributed by atoms with Crippen LogP contribution < -0.4 is 5.32 Å². The summed E-state index contributed by atoms with van der Waals surface area (Å²) in [6, 6.07) is 8.74. The number of nitrogens with one attached hydrogen (secondary N) is 1. The van der Waals surface area contributed by atoms with Crippen LogP contribution in [0.25, 0.3) is 0 Å². The standard InChI is InChI=1S/C12H15N/c1-4-5-12(13-3)11-8-6-10(2)7-9-11/h1,6-9,12-13H,5H2,2-3H3. The molecule has 13 heavy (non-hydrogen) atoms. The average Bonchev–Trinajstić information content (AvgIpc) is 2.16. The van der Waals surface area contributed by atoms with Gasteiger partial charge in [0.2, 0.25) is 0 Å². The predicted molar refractivity (Wildman–Crippen MR) is 56.4 cm³/mol. The van der Waals surface area contributed by atoms with Gasteiger partial charge < -0.3 is 5.32 Å². The van der Waals surface area contributed by atoms with Gasteiger partial charge >= 0.3 is 0 Å². The topological polar surface area (TPSA) is 12.0 Å². The smallest absolute Gasteiger partial charge is 0.0428 e. The first-order chi connectivity index (χ1) is 6.27. The molecule has 0 aliphatic rings. The summed E-state index contributed by atoms with van der Waals surface area (Å²) in [4.78, 5) is 0. The molecule has 0 aliphatic heterocycles. The summed E-state index contributed by atoms with van der Waals surface area (Å²) in [6.07, 6.45) is 6.02. The molecule has 1 aromatic carbocycles. The van der Waals surface area contributed by atoms with Crippen molar-refractivity contribution in [3.8, 4) is 12.3 Å². The Balaban J connectivity index is 2.80. The van der Waals surface area contributed by atoms with Crippen molar-refractivity contribution in [1.82, 2.24) is 5.32 Å². The lowest BCUT2D eigenvalue weighted by molar-refractivity contribution is 0.611. The number of benzene rings is 1. The zero-order chi connectivity index (χ0) is 9.68. The molecule has 0 fully saturated rings. The molecule has 0 amide bonds. The number of terminal acetylenes is 1. The highest BCUT2D eigenvalue weighted by Gasteiger charge is 2.05. The van der Waals surface area contributed by atoms with Gasteiger partial charge in [-0.2, -0.15) is 0 Å². The largest absolute Gasteiger partial charge is 0.312 e. The van der Waals surface area contributed by atoms with Crippen LogP contribution in [0.5, 0.6) is 0 Å². The van der Waals surface area contributed by atoms with Gasteiger partial charge in [-0.05, 0) is 19.5 Å². The van der Waals surface area contributed by atoms with Crippen LogP contribution in [-0.2, 0) is 0 Å². The molecule has 1 nitrogen and oxygen atoms in total. The number of hydrogen-bond donors (Lipinski definition) is 1. The zero-order valence-electron chi connectivity index (χ0n) is 8.17. The highest BCUT2D eigenvalue weighted by Crippen LogP contribution is 2.15. The Morgan fingerprint density at radius 3 is 2.46 bits per heavy atom. The van der Waals surface area contributed by atoms with E-state index in [1.165, 1.54) is 11.1 Å². The van der Waals surface area contributed by atoms with Crippen molar-refractivity contribution in [1.29, 1.82) is 0 Å². The highest BCUT2D eigenvalue weighted by molar-refractivity contribution is 5.24. The van der Waals surface area contributed by atoms with Crippen molar-refractivity contribution < 1.29 is 0 Å². The van der Waals surface area contributed by atoms with Gasteiger partial charge in [0, 0.05) is 12.5 Å². The third-order valence-corrected chi connectivity index (χ3v) is 2.15. The predicted octanol–water partition coefficient (Wildman–Crippen LogP) is 2.28. The van der Waals surface area contributed by atoms with E-state index in [1.54, 1.807) is 0 Å². The van der Waals surface area contributed by atoms with Gasteiger partial charge in [0.25, 0.3) is 0 Å². The highest BCUT2D eigenvalue weighted by atomic mass is 14.9. The molecular weight excluding hydrogens is 158 g/mol. The van der Waals surface area contributed by atoms with Gasteiger partial charge in [0.15, 0.2) is 0 Å². The first-order valence-electron chi connectivity index (χ1n) is 4.45. The van der Waals surface area contributed by atoms with Crippen LogP contribution in [0.1, 0.15) is 23.6 Å². The minimum absolute atomic E-state index is 0.283. The summed E-state index contributed by atoms with van der Waals surface area (Å²) < 4.78 is 0. The van der Waals surface area contributed by atoms with Crippen LogP contribution in [0, 0.1) is 19.3 Å². The molecule has 1 atom stereocenters. The van der Waals surface area contributed by atoms with Crippen molar-refractivity contribution in [3.05, 3.63) is 35.4 Å². The first kappa shape index (κ1) is 9.83. The summed E-state index contributed by atoms with van der Waals surface area (Å²) in [5.41, 5.74) is 2.53. The number of rotatable bonds is 3. The average molecular weight is 173 g/mol. The third kappa shape index (κ3) is 2.61. The van der Waals surface area contributed by atoms with Crippen molar-refractivity contribution in [3.63, 3.8) is 0 Å². The molecule has 0 radical (unpaired) electrons. The molecule has 0 aliphatic carbocycles. The van der Waals surface area contributed by atoms with Crippen molar-refractivity contribution >= 4 is 0 Å². The molecule has 0 saturated carbocycles. The monoisotopic (exact) mass is 173 g/mol. The summed E-state index contributed by atoms with van der Waals surface area (Å²) in [7, 11) is 1.93. The number of aryl methyl sites for hydroxylation is 1. The molecule has 0 bridgehead atoms. The zero-order valence-corrected chi connectivity index (χ0v) is 8.17. The maximum absolute atomic E-state index is 5.28. The quantitative estimate of drug-likeness (QED) is 0.691. The first-order valence-corrected chi connectivity index (χ1v) is 4.45. The Morgan fingerprint density at radius 2 is 2.00 bits per heavy atom. The van der Waals surface area contributed by atoms with E-state index in [4.69, 9.17) is 6.42 Å². The molecule has 1 heteroatoms. The van der Waals surface area contributed by atoms with E-state index in [9.17, 15) is 0 Å². The molecule has 1 rings (SSSR count). The number of hydrogen-bond acceptors (Lipinski definition) is 1. The molecule has 0 saturated heterocycles. The maximum atomic E-state index is 5.28. The summed E-state index contributed by atoms with van der Waals surface area (Å²) in [6.45, 7) is 2.08. The van der Waals surface area contributed by atoms with Crippen LogP contribution in [-0.4, -0.2) is 7.05 Å². The van der Waals surface area contributed by atoms with Crippen LogP contribution >= 0.6 is 0 Å². The second-order valence-corrected chi connectivity index (χ2v) is 3.16. The fraction of sp³-hybridized carbons (Fsp3) is 0.333. The molecular formula is C12H15N. The van der Waals surface area contributed by atoms with E-state index < -0.39 is 0 Å². The molecule has 1 unspecified atom stereocenters. The normalized spacial score (nSPS) is 12.1. The lowest BCUT2D eigenvalue weighted by atomic mass is 10.0. The van der Waals surface area contributed by atoms with E-state index in [1.807, 2.05) is 7.05 Å². The van der Waals surface area contributed by atoms with Crippen LogP contribution in [0.2, 0.25) is 0 Å². The van der Waals surface area contributed by atoms with E-state index in [2.05, 4.69) is 42.4 Å². The summed E-state index contributed by atoms with van der Waals surface area (Å²) >= 11 is 0. The minimum atomic E-state index is 0.283. The Hall–Kier alpha value is -1.26. The van der Waals surface area contributed by atoms with Gasteiger partial charge in [-0.15, -0.1) is 12.3 Å². The van der Waals surface area contributed by atoms with Gasteiger partial charge in [0.05, 0.1) is 0 Å². The van der Waals surface area contributed by atoms with E-state index in [0.29, 0.717) is 0 Å². The SMILES string of the molecule is C#CCC(NC)c1ccc(C)cc1. The van der Waals surface area contributed by atoms with Crippen LogP contribution in [0.4, 0.5) is 0 Å². The van der Waals surface area contributed by atoms with Gasteiger partial charge in [0.1, 0.15) is 0 Å². The molecule has 0 heterocycles. The van der Waals surface area contributed by atoms with E-state index >= 15 is 0 Å². The fourth-order valence-electron chi connectivity index (χ4n) is 1.30. The van der Waals surface area contributed by atoms with E-state index in [-0.39, 0.29) is 6.04 Å². The molecule has 0 aromatic heterocycles. The molecule has 1 N–H and O–H groups in total. The molecule has 1 aromatic rings. The van der Waals surface area contributed by atoms with Crippen molar-refractivity contribution in [2.75, 3.05) is 7.05 Å². The fourth-order valence-corrected chi connectivity index (χ4v) is 1.30. The van der Waals surface area contributed by atoms with Gasteiger partial charge in [-0.25, -0.2) is 0 Å². The van der Waals surface area contributed by atoms with Gasteiger partial charge in [-0.1, -0.05) is 29.8 Å². The van der Waals surface area contributed by atoms with Crippen molar-refractivity contribution in [2.45, 2.75) is 19.4 Å². The van der Waals surface area contributed by atoms with Crippen LogP contribution in [0.15, 0.2) is 24.3 Å². The molecule has 68 valence electrons. The van der Waals surface area contributed by atoms with Crippen LogP contribution in [0.3, 0.4) is 0 Å². The summed E-state index contributed by atoms with van der Waals surface area (Å²) in [5, 5.41) is 3.20. The second-order valence-electron chi connectivity index (χ2n) is 3.16. The minimum Gasteiger partial charge on any atom is -0.312 e. The van der Waals surface area contributed by atoms with Crippen molar-refractivity contribution in [2.24, 2.45) is 0 Å². The Morgan fingerprint density at radius 1 is 1.38 bits per heavy atom. The summed E-state index contributed by atoms with van der Waals surface area (Å²) in [5.74, 6) is 2.67. The maximum Gasteiger partial charge on any atom is 0.0428 e.